The molecule has 0 amide bonds. The summed E-state index contributed by atoms with van der Waals surface area (Å²) in [6, 6.07) is 3.91. The molecule has 0 spiro atoms. The van der Waals surface area contributed by atoms with Crippen molar-refractivity contribution in [3.63, 3.8) is 0 Å². The number of ether oxygens (including phenoxy) is 1. The number of aryl methyl sites for hydroxylation is 1. The normalized spacial score (nSPS) is 12.0. The lowest BCUT2D eigenvalue weighted by atomic mass is 9.92. The Balaban J connectivity index is 3.00. The van der Waals surface area contributed by atoms with Crippen molar-refractivity contribution >= 4 is 11.8 Å². The maximum absolute atomic E-state index is 13.0. The third-order valence-corrected chi connectivity index (χ3v) is 2.75. The van der Waals surface area contributed by atoms with E-state index in [1.54, 1.807) is 20.8 Å². The van der Waals surface area contributed by atoms with Gasteiger partial charge in [0.25, 0.3) is 0 Å². The summed E-state index contributed by atoms with van der Waals surface area (Å²) in [5, 5.41) is 0. The molecule has 0 saturated carbocycles. The van der Waals surface area contributed by atoms with Crippen LogP contribution in [0.25, 0.3) is 0 Å². The molecule has 1 rings (SSSR count). The molecule has 1 aromatic rings. The predicted octanol–water partition coefficient (Wildman–Crippen LogP) is 2.91. The minimum Gasteiger partial charge on any atom is -0.465 e. The molecule has 1 atom stereocenters. The fraction of sp³-hybridized carbons (Fsp3) is 0.429. The van der Waals surface area contributed by atoms with Crippen LogP contribution in [0.5, 0.6) is 0 Å². The van der Waals surface area contributed by atoms with Gasteiger partial charge in [0, 0.05) is 5.56 Å². The maximum Gasteiger partial charge on any atom is 0.316 e. The van der Waals surface area contributed by atoms with Crippen molar-refractivity contribution in [2.75, 3.05) is 6.61 Å². The molecular weight excluding hydrogens is 235 g/mol. The average Bonchev–Trinajstić information content (AvgIpc) is 2.29. The van der Waals surface area contributed by atoms with E-state index in [0.717, 1.165) is 0 Å². The summed E-state index contributed by atoms with van der Waals surface area (Å²) in [5.41, 5.74) is 0.902. The van der Waals surface area contributed by atoms with E-state index in [0.29, 0.717) is 17.5 Å². The molecule has 3 nitrogen and oxygen atoms in total. The van der Waals surface area contributed by atoms with Gasteiger partial charge in [-0.25, -0.2) is 4.39 Å². The van der Waals surface area contributed by atoms with Crippen molar-refractivity contribution in [3.05, 3.63) is 35.1 Å². The summed E-state index contributed by atoms with van der Waals surface area (Å²) < 4.78 is 17.8. The molecule has 4 heteroatoms. The number of esters is 1. The van der Waals surface area contributed by atoms with E-state index >= 15 is 0 Å². The molecule has 0 heterocycles. The smallest absolute Gasteiger partial charge is 0.316 e. The lowest BCUT2D eigenvalue weighted by Gasteiger charge is -2.13. The van der Waals surface area contributed by atoms with E-state index in [9.17, 15) is 14.0 Å². The number of benzene rings is 1. The first-order chi connectivity index (χ1) is 8.51. The fourth-order valence-corrected chi connectivity index (χ4v) is 1.79. The maximum atomic E-state index is 13.0. The summed E-state index contributed by atoms with van der Waals surface area (Å²) in [4.78, 5) is 23.9. The lowest BCUT2D eigenvalue weighted by Crippen LogP contribution is -2.26. The van der Waals surface area contributed by atoms with Gasteiger partial charge in [-0.2, -0.15) is 0 Å². The van der Waals surface area contributed by atoms with Crippen molar-refractivity contribution in [1.82, 2.24) is 0 Å². The molecule has 0 bridgehead atoms. The second kappa shape index (κ2) is 6.28. The van der Waals surface area contributed by atoms with Gasteiger partial charge in [0.1, 0.15) is 11.7 Å². The van der Waals surface area contributed by atoms with Crippen molar-refractivity contribution in [2.24, 2.45) is 5.92 Å². The molecule has 0 aromatic heterocycles. The van der Waals surface area contributed by atoms with Crippen LogP contribution < -0.4 is 0 Å². The molecule has 1 unspecified atom stereocenters. The standard InChI is InChI=1S/C14H17FO3/c1-4-11(14(17)18-5-2)13(16)12-7-6-10(15)8-9(12)3/h6-8,11H,4-5H2,1-3H3. The quantitative estimate of drug-likeness (QED) is 0.460. The average molecular weight is 252 g/mol. The van der Waals surface area contributed by atoms with Gasteiger partial charge < -0.3 is 4.74 Å². The summed E-state index contributed by atoms with van der Waals surface area (Å²) >= 11 is 0. The summed E-state index contributed by atoms with van der Waals surface area (Å²) in [7, 11) is 0. The van der Waals surface area contributed by atoms with E-state index in [4.69, 9.17) is 4.74 Å². The highest BCUT2D eigenvalue weighted by Crippen LogP contribution is 2.18. The van der Waals surface area contributed by atoms with Crippen LogP contribution in [-0.4, -0.2) is 18.4 Å². The molecule has 98 valence electrons. The Morgan fingerprint density at radius 3 is 2.50 bits per heavy atom. The van der Waals surface area contributed by atoms with Crippen LogP contribution in [0.2, 0.25) is 0 Å². The van der Waals surface area contributed by atoms with Crippen molar-refractivity contribution in [1.29, 1.82) is 0 Å². The number of carbonyl (C=O) groups excluding carboxylic acids is 2. The van der Waals surface area contributed by atoms with Crippen LogP contribution >= 0.6 is 0 Å². The Labute approximate surface area is 106 Å². The number of Topliss-reactive ketones (excluding diaryl/α,β-unsaturated/α-hetero) is 1. The molecule has 0 N–H and O–H groups in total. The summed E-state index contributed by atoms with van der Waals surface area (Å²) in [6.45, 7) is 5.33. The zero-order valence-corrected chi connectivity index (χ0v) is 10.8. The van der Waals surface area contributed by atoms with Gasteiger partial charge in [0.15, 0.2) is 5.78 Å². The highest BCUT2D eigenvalue weighted by Gasteiger charge is 2.28. The van der Waals surface area contributed by atoms with Gasteiger partial charge in [-0.1, -0.05) is 6.92 Å². The highest BCUT2D eigenvalue weighted by molar-refractivity contribution is 6.09. The Hall–Kier alpha value is -1.71. The predicted molar refractivity (Wildman–Crippen MR) is 65.9 cm³/mol. The number of ketones is 1. The summed E-state index contributed by atoms with van der Waals surface area (Å²) in [5.74, 6) is -2.04. The first-order valence-electron chi connectivity index (χ1n) is 5.98. The number of rotatable bonds is 5. The van der Waals surface area contributed by atoms with Crippen LogP contribution in [0.1, 0.15) is 36.2 Å². The number of hydrogen-bond acceptors (Lipinski definition) is 3. The number of halogens is 1. The van der Waals surface area contributed by atoms with Crippen LogP contribution in [0.15, 0.2) is 18.2 Å². The number of carbonyl (C=O) groups is 2. The lowest BCUT2D eigenvalue weighted by molar-refractivity contribution is -0.146. The van der Waals surface area contributed by atoms with E-state index < -0.39 is 17.7 Å². The van der Waals surface area contributed by atoms with Crippen LogP contribution in [0, 0.1) is 18.7 Å². The fourth-order valence-electron chi connectivity index (χ4n) is 1.79. The third kappa shape index (κ3) is 3.15. The van der Waals surface area contributed by atoms with Crippen molar-refractivity contribution in [3.8, 4) is 0 Å². The van der Waals surface area contributed by atoms with Crippen LogP contribution in [0.4, 0.5) is 4.39 Å². The Morgan fingerprint density at radius 1 is 1.33 bits per heavy atom. The Kier molecular flexibility index (Phi) is 5.01. The first kappa shape index (κ1) is 14.4. The first-order valence-corrected chi connectivity index (χ1v) is 5.98. The van der Waals surface area contributed by atoms with E-state index in [-0.39, 0.29) is 12.4 Å². The van der Waals surface area contributed by atoms with Gasteiger partial charge in [-0.3, -0.25) is 9.59 Å². The van der Waals surface area contributed by atoms with Gasteiger partial charge in [-0.15, -0.1) is 0 Å². The Morgan fingerprint density at radius 2 is 2.00 bits per heavy atom. The van der Waals surface area contributed by atoms with Gasteiger partial charge >= 0.3 is 5.97 Å². The molecular formula is C14H17FO3. The molecule has 0 aliphatic heterocycles. The zero-order chi connectivity index (χ0) is 13.7. The largest absolute Gasteiger partial charge is 0.465 e. The Bertz CT molecular complexity index is 454. The molecule has 0 radical (unpaired) electrons. The second-order valence-corrected chi connectivity index (χ2v) is 4.04. The molecule has 0 fully saturated rings. The zero-order valence-electron chi connectivity index (χ0n) is 10.8. The molecule has 0 aliphatic rings. The van der Waals surface area contributed by atoms with Crippen LogP contribution in [0.3, 0.4) is 0 Å². The van der Waals surface area contributed by atoms with E-state index in [2.05, 4.69) is 0 Å². The second-order valence-electron chi connectivity index (χ2n) is 4.04. The molecule has 1 aromatic carbocycles. The topological polar surface area (TPSA) is 43.4 Å². The van der Waals surface area contributed by atoms with E-state index in [1.165, 1.54) is 18.2 Å². The molecule has 0 saturated heterocycles. The monoisotopic (exact) mass is 252 g/mol. The van der Waals surface area contributed by atoms with Crippen LogP contribution in [-0.2, 0) is 9.53 Å². The minimum absolute atomic E-state index is 0.241. The van der Waals surface area contributed by atoms with Crippen molar-refractivity contribution < 1.29 is 18.7 Å². The number of hydrogen-bond donors (Lipinski definition) is 0. The van der Waals surface area contributed by atoms with Gasteiger partial charge in [0.05, 0.1) is 6.61 Å². The van der Waals surface area contributed by atoms with Gasteiger partial charge in [-0.05, 0) is 44.0 Å². The molecule has 18 heavy (non-hydrogen) atoms. The summed E-state index contributed by atoms with van der Waals surface area (Å²) in [6.07, 6.45) is 0.370. The SMILES string of the molecule is CCOC(=O)C(CC)C(=O)c1ccc(F)cc1C. The van der Waals surface area contributed by atoms with E-state index in [1.807, 2.05) is 0 Å². The highest BCUT2D eigenvalue weighted by atomic mass is 19.1. The molecule has 0 aliphatic carbocycles. The third-order valence-electron chi connectivity index (χ3n) is 2.75. The van der Waals surface area contributed by atoms with Gasteiger partial charge in [0.2, 0.25) is 0 Å². The van der Waals surface area contributed by atoms with Crippen molar-refractivity contribution in [2.45, 2.75) is 27.2 Å². The minimum atomic E-state index is -0.811.